The lowest BCUT2D eigenvalue weighted by Gasteiger charge is -2.29. The Morgan fingerprint density at radius 1 is 1.25 bits per heavy atom. The predicted molar refractivity (Wildman–Crippen MR) is 65.8 cm³/mol. The lowest BCUT2D eigenvalue weighted by atomic mass is 10.1. The quantitative estimate of drug-likeness (QED) is 0.826. The van der Waals surface area contributed by atoms with Crippen molar-refractivity contribution in [1.29, 1.82) is 0 Å². The van der Waals surface area contributed by atoms with E-state index in [0.717, 1.165) is 18.7 Å². The Balaban J connectivity index is 2.23. The zero-order chi connectivity index (χ0) is 11.5. The van der Waals surface area contributed by atoms with Crippen LogP contribution < -0.4 is 10.6 Å². The molecule has 0 aromatic heterocycles. The molecule has 86 valence electrons. The SMILES string of the molecule is Cc1cc(N2CCCCC2)ccc1C(N)=O. The number of piperidine rings is 1. The van der Waals surface area contributed by atoms with Crippen LogP contribution >= 0.6 is 0 Å². The second-order valence-corrected chi connectivity index (χ2v) is 4.41. The van der Waals surface area contributed by atoms with Gasteiger partial charge in [0.2, 0.25) is 5.91 Å². The van der Waals surface area contributed by atoms with Gasteiger partial charge >= 0.3 is 0 Å². The Morgan fingerprint density at radius 3 is 2.50 bits per heavy atom. The first-order valence-electron chi connectivity index (χ1n) is 5.84. The van der Waals surface area contributed by atoms with Gasteiger partial charge in [0.25, 0.3) is 0 Å². The van der Waals surface area contributed by atoms with Gasteiger partial charge in [0, 0.05) is 24.3 Å². The fourth-order valence-corrected chi connectivity index (χ4v) is 2.27. The standard InChI is InChI=1S/C13H18N2O/c1-10-9-11(5-6-12(10)13(14)16)15-7-3-2-4-8-15/h5-6,9H,2-4,7-8H2,1H3,(H2,14,16). The van der Waals surface area contributed by atoms with Gasteiger partial charge in [-0.15, -0.1) is 0 Å². The molecule has 1 aromatic rings. The number of hydrogen-bond donors (Lipinski definition) is 1. The molecule has 1 aromatic carbocycles. The largest absolute Gasteiger partial charge is 0.372 e. The van der Waals surface area contributed by atoms with Crippen molar-refractivity contribution in [3.05, 3.63) is 29.3 Å². The van der Waals surface area contributed by atoms with Crippen molar-refractivity contribution < 1.29 is 4.79 Å². The van der Waals surface area contributed by atoms with Crippen molar-refractivity contribution in [2.45, 2.75) is 26.2 Å². The Bertz CT molecular complexity index is 395. The molecular weight excluding hydrogens is 200 g/mol. The number of primary amides is 1. The number of anilines is 1. The first-order valence-corrected chi connectivity index (χ1v) is 5.84. The van der Waals surface area contributed by atoms with Gasteiger partial charge < -0.3 is 10.6 Å². The number of amides is 1. The van der Waals surface area contributed by atoms with Crippen molar-refractivity contribution in [3.63, 3.8) is 0 Å². The van der Waals surface area contributed by atoms with Crippen LogP contribution in [0.2, 0.25) is 0 Å². The van der Waals surface area contributed by atoms with Gasteiger partial charge in [-0.3, -0.25) is 4.79 Å². The Kier molecular flexibility index (Phi) is 3.13. The van der Waals surface area contributed by atoms with Gasteiger partial charge in [0.1, 0.15) is 0 Å². The molecule has 2 N–H and O–H groups in total. The number of nitrogens with zero attached hydrogens (tertiary/aromatic N) is 1. The highest BCUT2D eigenvalue weighted by Crippen LogP contribution is 2.22. The molecule has 0 radical (unpaired) electrons. The minimum Gasteiger partial charge on any atom is -0.372 e. The highest BCUT2D eigenvalue weighted by Gasteiger charge is 2.12. The lowest BCUT2D eigenvalue weighted by Crippen LogP contribution is -2.29. The third-order valence-corrected chi connectivity index (χ3v) is 3.20. The van der Waals surface area contributed by atoms with Crippen molar-refractivity contribution in [2.75, 3.05) is 18.0 Å². The molecule has 3 nitrogen and oxygen atoms in total. The topological polar surface area (TPSA) is 46.3 Å². The minimum absolute atomic E-state index is 0.345. The highest BCUT2D eigenvalue weighted by molar-refractivity contribution is 5.94. The molecule has 1 saturated heterocycles. The van der Waals surface area contributed by atoms with Crippen molar-refractivity contribution in [1.82, 2.24) is 0 Å². The molecule has 0 saturated carbocycles. The van der Waals surface area contributed by atoms with Gasteiger partial charge in [-0.25, -0.2) is 0 Å². The van der Waals surface area contributed by atoms with E-state index < -0.39 is 0 Å². The summed E-state index contributed by atoms with van der Waals surface area (Å²) in [6.45, 7) is 4.18. The first-order chi connectivity index (χ1) is 7.68. The number of rotatable bonds is 2. The number of hydrogen-bond acceptors (Lipinski definition) is 2. The number of carbonyl (C=O) groups excluding carboxylic acids is 1. The maximum atomic E-state index is 11.1. The van der Waals surface area contributed by atoms with Crippen molar-refractivity contribution >= 4 is 11.6 Å². The van der Waals surface area contributed by atoms with E-state index in [1.807, 2.05) is 19.1 Å². The van der Waals surface area contributed by atoms with E-state index in [1.54, 1.807) is 0 Å². The molecule has 1 aliphatic rings. The van der Waals surface area contributed by atoms with Gasteiger partial charge in [0.05, 0.1) is 0 Å². The number of benzene rings is 1. The molecule has 1 aliphatic heterocycles. The van der Waals surface area contributed by atoms with Crippen LogP contribution in [-0.2, 0) is 0 Å². The Labute approximate surface area is 96.2 Å². The third-order valence-electron chi connectivity index (χ3n) is 3.20. The number of aryl methyl sites for hydroxylation is 1. The summed E-state index contributed by atoms with van der Waals surface area (Å²) in [7, 11) is 0. The smallest absolute Gasteiger partial charge is 0.248 e. The van der Waals surface area contributed by atoms with Crippen LogP contribution in [0.15, 0.2) is 18.2 Å². The second-order valence-electron chi connectivity index (χ2n) is 4.41. The molecule has 0 aliphatic carbocycles. The zero-order valence-corrected chi connectivity index (χ0v) is 9.70. The van der Waals surface area contributed by atoms with Crippen molar-refractivity contribution in [2.24, 2.45) is 5.73 Å². The van der Waals surface area contributed by atoms with E-state index in [2.05, 4.69) is 11.0 Å². The average molecular weight is 218 g/mol. The van der Waals surface area contributed by atoms with Crippen LogP contribution in [0.4, 0.5) is 5.69 Å². The summed E-state index contributed by atoms with van der Waals surface area (Å²) in [5, 5.41) is 0. The predicted octanol–water partition coefficient (Wildman–Crippen LogP) is 2.08. The molecule has 1 amide bonds. The van der Waals surface area contributed by atoms with Crippen molar-refractivity contribution in [3.8, 4) is 0 Å². The summed E-state index contributed by atoms with van der Waals surface area (Å²) in [4.78, 5) is 13.5. The summed E-state index contributed by atoms with van der Waals surface area (Å²) >= 11 is 0. The van der Waals surface area contributed by atoms with Crippen LogP contribution in [0, 0.1) is 6.92 Å². The first kappa shape index (κ1) is 11.0. The monoisotopic (exact) mass is 218 g/mol. The summed E-state index contributed by atoms with van der Waals surface area (Å²) in [6, 6.07) is 5.89. The molecule has 2 rings (SSSR count). The van der Waals surface area contributed by atoms with E-state index in [1.165, 1.54) is 24.9 Å². The van der Waals surface area contributed by atoms with Gasteiger partial charge in [-0.1, -0.05) is 0 Å². The van der Waals surface area contributed by atoms with E-state index in [9.17, 15) is 4.79 Å². The normalized spacial score (nSPS) is 16.2. The fourth-order valence-electron chi connectivity index (χ4n) is 2.27. The molecule has 1 fully saturated rings. The van der Waals surface area contributed by atoms with E-state index in [4.69, 9.17) is 5.73 Å². The maximum Gasteiger partial charge on any atom is 0.248 e. The molecule has 16 heavy (non-hydrogen) atoms. The Morgan fingerprint density at radius 2 is 1.94 bits per heavy atom. The molecule has 3 heteroatoms. The molecule has 1 heterocycles. The highest BCUT2D eigenvalue weighted by atomic mass is 16.1. The number of nitrogens with two attached hydrogens (primary N) is 1. The summed E-state index contributed by atoms with van der Waals surface area (Å²) in [5.41, 5.74) is 8.09. The molecular formula is C13H18N2O. The third kappa shape index (κ3) is 2.18. The molecule has 0 unspecified atom stereocenters. The Hall–Kier alpha value is -1.51. The van der Waals surface area contributed by atoms with Crippen LogP contribution in [0.1, 0.15) is 35.2 Å². The van der Waals surface area contributed by atoms with E-state index in [-0.39, 0.29) is 5.91 Å². The van der Waals surface area contributed by atoms with E-state index >= 15 is 0 Å². The number of carbonyl (C=O) groups is 1. The van der Waals surface area contributed by atoms with Gasteiger partial charge in [-0.05, 0) is 49.9 Å². The summed E-state index contributed by atoms with van der Waals surface area (Å²) < 4.78 is 0. The van der Waals surface area contributed by atoms with Crippen LogP contribution in [0.3, 0.4) is 0 Å². The lowest BCUT2D eigenvalue weighted by molar-refractivity contribution is 0.1000. The average Bonchev–Trinajstić information content (AvgIpc) is 2.29. The van der Waals surface area contributed by atoms with Gasteiger partial charge in [-0.2, -0.15) is 0 Å². The maximum absolute atomic E-state index is 11.1. The minimum atomic E-state index is -0.345. The zero-order valence-electron chi connectivity index (χ0n) is 9.70. The summed E-state index contributed by atoms with van der Waals surface area (Å²) in [5.74, 6) is -0.345. The molecule has 0 atom stereocenters. The van der Waals surface area contributed by atoms with Crippen LogP contribution in [0.5, 0.6) is 0 Å². The van der Waals surface area contributed by atoms with Gasteiger partial charge in [0.15, 0.2) is 0 Å². The molecule has 0 spiro atoms. The molecule has 0 bridgehead atoms. The van der Waals surface area contributed by atoms with Crippen LogP contribution in [-0.4, -0.2) is 19.0 Å². The van der Waals surface area contributed by atoms with E-state index in [0.29, 0.717) is 5.56 Å². The summed E-state index contributed by atoms with van der Waals surface area (Å²) in [6.07, 6.45) is 3.85. The second kappa shape index (κ2) is 4.56. The fraction of sp³-hybridized carbons (Fsp3) is 0.462. The van der Waals surface area contributed by atoms with Crippen LogP contribution in [0.25, 0.3) is 0 Å².